The Kier molecular flexibility index (Phi) is 11.6. The molecule has 1 aliphatic heterocycles. The van der Waals surface area contributed by atoms with E-state index < -0.39 is 100 Å². The maximum atomic E-state index is 14.7. The number of benzene rings is 1. The van der Waals surface area contributed by atoms with E-state index in [1.54, 1.807) is 12.1 Å². The van der Waals surface area contributed by atoms with Gasteiger partial charge in [-0.3, -0.25) is 14.5 Å². The Morgan fingerprint density at radius 3 is 2.11 bits per heavy atom. The summed E-state index contributed by atoms with van der Waals surface area (Å²) in [6.45, 7) is 4.63. The zero-order valence-corrected chi connectivity index (χ0v) is 25.9. The Hall–Kier alpha value is -3.21. The Bertz CT molecular complexity index is 1280. The number of alkyl halides is 5. The molecule has 44 heavy (non-hydrogen) atoms. The van der Waals surface area contributed by atoms with Crippen LogP contribution in [0.25, 0.3) is 0 Å². The molecule has 0 radical (unpaired) electrons. The fourth-order valence-electron chi connectivity index (χ4n) is 4.43. The summed E-state index contributed by atoms with van der Waals surface area (Å²) in [5, 5.41) is 12.3. The molecule has 2 rings (SSSR count). The molecule has 4 atom stereocenters. The highest BCUT2D eigenvalue weighted by Gasteiger charge is 2.53. The average Bonchev–Trinajstić information content (AvgIpc) is 3.35. The van der Waals surface area contributed by atoms with E-state index in [0.717, 1.165) is 10.2 Å². The predicted octanol–water partition coefficient (Wildman–Crippen LogP) is 2.80. The van der Waals surface area contributed by atoms with Crippen molar-refractivity contribution < 1.29 is 59.3 Å². The molecule has 1 fully saturated rings. The number of ether oxygens (including phenoxy) is 2. The molecule has 0 saturated carbocycles. The van der Waals surface area contributed by atoms with E-state index in [9.17, 15) is 49.9 Å². The summed E-state index contributed by atoms with van der Waals surface area (Å²) in [7, 11) is -2.57. The number of rotatable bonds is 11. The van der Waals surface area contributed by atoms with Gasteiger partial charge in [0.25, 0.3) is 5.91 Å². The molecule has 1 heterocycles. The molecule has 17 heteroatoms. The van der Waals surface area contributed by atoms with Crippen molar-refractivity contribution in [1.29, 1.82) is 0 Å². The van der Waals surface area contributed by atoms with Gasteiger partial charge in [-0.25, -0.2) is 13.2 Å². The number of methoxy groups -OCH3 is 1. The molecule has 250 valence electrons. The van der Waals surface area contributed by atoms with E-state index in [1.165, 1.54) is 53.9 Å². The smallest absolute Gasteiger partial charge is 0.411 e. The zero-order valence-electron chi connectivity index (χ0n) is 25.1. The summed E-state index contributed by atoms with van der Waals surface area (Å²) in [5.74, 6) is -9.28. The molecule has 1 aliphatic rings. The van der Waals surface area contributed by atoms with Crippen LogP contribution in [0.4, 0.5) is 26.7 Å². The minimum atomic E-state index is -5.00. The number of halogens is 5. The maximum Gasteiger partial charge on any atom is 0.411 e. The van der Waals surface area contributed by atoms with E-state index in [-0.39, 0.29) is 0 Å². The van der Waals surface area contributed by atoms with E-state index in [0.29, 0.717) is 11.3 Å². The van der Waals surface area contributed by atoms with Crippen LogP contribution in [-0.4, -0.2) is 97.7 Å². The van der Waals surface area contributed by atoms with Crippen LogP contribution in [0.1, 0.15) is 46.6 Å². The van der Waals surface area contributed by atoms with Crippen LogP contribution in [0.5, 0.6) is 5.75 Å². The molecule has 1 saturated heterocycles. The Morgan fingerprint density at radius 2 is 1.64 bits per heavy atom. The van der Waals surface area contributed by atoms with Gasteiger partial charge in [-0.05, 0) is 50.8 Å². The van der Waals surface area contributed by atoms with Gasteiger partial charge in [-0.2, -0.15) is 22.0 Å². The molecule has 0 aliphatic carbocycles. The predicted molar refractivity (Wildman–Crippen MR) is 148 cm³/mol. The molecule has 1 aromatic carbocycles. The van der Waals surface area contributed by atoms with Gasteiger partial charge in [0, 0.05) is 6.54 Å². The van der Waals surface area contributed by atoms with E-state index in [2.05, 4.69) is 5.32 Å². The second-order valence-corrected chi connectivity index (χ2v) is 14.1. The zero-order chi connectivity index (χ0) is 33.8. The fourth-order valence-corrected chi connectivity index (χ4v) is 6.19. The first-order chi connectivity index (χ1) is 20.0. The summed E-state index contributed by atoms with van der Waals surface area (Å²) in [5.41, 5.74) is -0.655. The number of hydrogen-bond donors (Lipinski definition) is 3. The molecular formula is C27H38F5N3O8S. The normalized spacial score (nSPS) is 19.3. The van der Waals surface area contributed by atoms with Crippen LogP contribution in [0, 0.1) is 5.92 Å². The molecule has 0 unspecified atom stereocenters. The number of nitrogens with one attached hydrogen (secondary N) is 2. The van der Waals surface area contributed by atoms with Crippen molar-refractivity contribution in [2.45, 2.75) is 87.9 Å². The topological polar surface area (TPSA) is 151 Å². The van der Waals surface area contributed by atoms with Gasteiger partial charge in [0.2, 0.25) is 5.91 Å². The van der Waals surface area contributed by atoms with Crippen LogP contribution >= 0.6 is 0 Å². The Labute approximate surface area is 252 Å². The number of sulfone groups is 1. The third-order valence-electron chi connectivity index (χ3n) is 6.72. The number of carbonyl (C=O) groups is 3. The highest BCUT2D eigenvalue weighted by atomic mass is 32.2. The molecule has 0 spiro atoms. The van der Waals surface area contributed by atoms with E-state index in [1.807, 2.05) is 0 Å². The van der Waals surface area contributed by atoms with Gasteiger partial charge >= 0.3 is 18.2 Å². The van der Waals surface area contributed by atoms with Gasteiger partial charge in [-0.15, -0.1) is 0 Å². The first-order valence-corrected chi connectivity index (χ1v) is 15.3. The highest BCUT2D eigenvalue weighted by molar-refractivity contribution is 7.91. The number of aliphatic hydroxyl groups is 1. The van der Waals surface area contributed by atoms with E-state index in [4.69, 9.17) is 9.47 Å². The number of likely N-dealkylation sites (tertiary alicyclic amines) is 1. The number of amides is 3. The average molecular weight is 660 g/mol. The third kappa shape index (κ3) is 9.90. The second kappa shape index (κ2) is 13.8. The molecular weight excluding hydrogens is 621 g/mol. The summed E-state index contributed by atoms with van der Waals surface area (Å²) in [6.07, 6.45) is -9.49. The minimum Gasteiger partial charge on any atom is -0.497 e. The van der Waals surface area contributed by atoms with Gasteiger partial charge in [0.15, 0.2) is 9.84 Å². The molecule has 3 N–H and O–H groups in total. The van der Waals surface area contributed by atoms with Crippen molar-refractivity contribution in [2.24, 2.45) is 5.92 Å². The lowest BCUT2D eigenvalue weighted by Crippen LogP contribution is -2.61. The van der Waals surface area contributed by atoms with Crippen molar-refractivity contribution in [3.63, 3.8) is 0 Å². The summed E-state index contributed by atoms with van der Waals surface area (Å²) < 4.78 is 104. The monoisotopic (exact) mass is 659 g/mol. The Balaban J connectivity index is 2.33. The van der Waals surface area contributed by atoms with Gasteiger partial charge in [-0.1, -0.05) is 26.0 Å². The van der Waals surface area contributed by atoms with Crippen molar-refractivity contribution in [1.82, 2.24) is 15.5 Å². The first kappa shape index (κ1) is 37.0. The van der Waals surface area contributed by atoms with Crippen LogP contribution < -0.4 is 15.4 Å². The van der Waals surface area contributed by atoms with Crippen molar-refractivity contribution in [3.8, 4) is 5.75 Å². The molecule has 11 nitrogen and oxygen atoms in total. The number of hydrogen-bond acceptors (Lipinski definition) is 8. The van der Waals surface area contributed by atoms with Gasteiger partial charge < -0.3 is 25.2 Å². The molecule has 0 bridgehead atoms. The molecule has 0 aromatic heterocycles. The third-order valence-corrected chi connectivity index (χ3v) is 8.81. The van der Waals surface area contributed by atoms with Gasteiger partial charge in [0.05, 0.1) is 24.2 Å². The lowest BCUT2D eigenvalue weighted by Gasteiger charge is -2.34. The van der Waals surface area contributed by atoms with Crippen LogP contribution in [0.3, 0.4) is 0 Å². The number of nitrogens with zero attached hydrogens (tertiary/aromatic N) is 1. The second-order valence-electron chi connectivity index (χ2n) is 11.8. The minimum absolute atomic E-state index is 0.400. The van der Waals surface area contributed by atoms with Crippen molar-refractivity contribution in [3.05, 3.63) is 29.8 Å². The molecule has 1 aromatic rings. The standard InChI is InChI=1S/C27H38F5N3O8S/c1-15(2)20(21(36)27(31,32)23(38)33-14-26(28,29)30)34-22(37)19-11-18(12-35(19)24(39)43-25(3,4)5)44(40,41)13-16-7-9-17(42-6)10-8-16/h7-10,15,18-21,36H,11-14H2,1-6H3,(H,33,38)(H,34,37)/t18-,19+,20+,21-/m1/s1. The summed E-state index contributed by atoms with van der Waals surface area (Å²) in [6, 6.07) is 2.71. The van der Waals surface area contributed by atoms with Crippen molar-refractivity contribution >= 4 is 27.7 Å². The van der Waals surface area contributed by atoms with Gasteiger partial charge in [0.1, 0.15) is 30.0 Å². The number of carbonyl (C=O) groups excluding carboxylic acids is 3. The SMILES string of the molecule is COc1ccc(CS(=O)(=O)[C@@H]2C[C@@H](C(=O)N[C@@H](C(C)C)[C@@H](O)C(F)(F)C(=O)NCC(F)(F)F)N(C(=O)OC(C)(C)C)C2)cc1. The van der Waals surface area contributed by atoms with Crippen LogP contribution in [0.2, 0.25) is 0 Å². The highest BCUT2D eigenvalue weighted by Crippen LogP contribution is 2.30. The lowest BCUT2D eigenvalue weighted by atomic mass is 9.93. The fraction of sp³-hybridized carbons (Fsp3) is 0.667. The number of aliphatic hydroxyl groups excluding tert-OH is 1. The summed E-state index contributed by atoms with van der Waals surface area (Å²) >= 11 is 0. The quantitative estimate of drug-likeness (QED) is 0.307. The Morgan fingerprint density at radius 1 is 1.07 bits per heavy atom. The first-order valence-electron chi connectivity index (χ1n) is 13.5. The maximum absolute atomic E-state index is 14.7. The van der Waals surface area contributed by atoms with E-state index >= 15 is 0 Å². The summed E-state index contributed by atoms with van der Waals surface area (Å²) in [4.78, 5) is 39.2. The largest absolute Gasteiger partial charge is 0.497 e. The lowest BCUT2D eigenvalue weighted by molar-refractivity contribution is -0.175. The van der Waals surface area contributed by atoms with Crippen LogP contribution in [-0.2, 0) is 29.9 Å². The van der Waals surface area contributed by atoms with Crippen molar-refractivity contribution in [2.75, 3.05) is 20.2 Å². The van der Waals surface area contributed by atoms with Crippen LogP contribution in [0.15, 0.2) is 24.3 Å². The molecule has 3 amide bonds.